The minimum atomic E-state index is -0.00681. The summed E-state index contributed by atoms with van der Waals surface area (Å²) in [5.74, 6) is 0.368. The van der Waals surface area contributed by atoms with Crippen LogP contribution in [0, 0.1) is 0 Å². The van der Waals surface area contributed by atoms with Crippen molar-refractivity contribution in [3.63, 3.8) is 0 Å². The minimum absolute atomic E-state index is 0.000124. The molecule has 1 aromatic heterocycles. The van der Waals surface area contributed by atoms with Crippen LogP contribution in [0.1, 0.15) is 29.6 Å². The molecular weight excluding hydrogens is 280 g/mol. The van der Waals surface area contributed by atoms with Gasteiger partial charge in [0, 0.05) is 25.7 Å². The number of hydrogen-bond donors (Lipinski definition) is 0. The molecule has 0 N–H and O–H groups in total. The molecule has 3 rings (SSSR count). The molecule has 5 nitrogen and oxygen atoms in total. The molecule has 2 fully saturated rings. The van der Waals surface area contributed by atoms with Crippen molar-refractivity contribution in [2.24, 2.45) is 0 Å². The van der Waals surface area contributed by atoms with E-state index in [4.69, 9.17) is 21.1 Å². The summed E-state index contributed by atoms with van der Waals surface area (Å²) in [6, 6.07) is 1.64. The third kappa shape index (κ3) is 2.88. The number of likely N-dealkylation sites (tertiary alicyclic amines) is 1. The molecule has 0 saturated carbocycles. The number of carbonyl (C=O) groups excluding carboxylic acids is 1. The second-order valence-corrected chi connectivity index (χ2v) is 5.52. The van der Waals surface area contributed by atoms with E-state index in [0.29, 0.717) is 29.7 Å². The van der Waals surface area contributed by atoms with E-state index >= 15 is 0 Å². The lowest BCUT2D eigenvalue weighted by atomic mass is 10.2. The lowest BCUT2D eigenvalue weighted by molar-refractivity contribution is 0.0792. The van der Waals surface area contributed by atoms with E-state index in [9.17, 15) is 4.79 Å². The first-order chi connectivity index (χ1) is 9.74. The molecule has 108 valence electrons. The van der Waals surface area contributed by atoms with Crippen LogP contribution in [0.5, 0.6) is 5.88 Å². The van der Waals surface area contributed by atoms with Crippen LogP contribution in [-0.4, -0.2) is 48.2 Å². The van der Waals surface area contributed by atoms with Gasteiger partial charge in [-0.05, 0) is 18.9 Å². The van der Waals surface area contributed by atoms with Crippen LogP contribution >= 0.6 is 11.6 Å². The summed E-state index contributed by atoms with van der Waals surface area (Å²) in [7, 11) is 0. The van der Waals surface area contributed by atoms with Crippen LogP contribution in [-0.2, 0) is 4.74 Å². The second-order valence-electron chi connectivity index (χ2n) is 5.11. The molecule has 2 saturated heterocycles. The molecule has 0 spiro atoms. The number of ether oxygens (including phenoxy) is 2. The number of pyridine rings is 1. The molecule has 0 radical (unpaired) electrons. The molecule has 20 heavy (non-hydrogen) atoms. The predicted molar refractivity (Wildman–Crippen MR) is 74.2 cm³/mol. The third-order valence-corrected chi connectivity index (χ3v) is 3.88. The SMILES string of the molecule is O=C(c1cnc(O[C@@H]2CCOC2)c(Cl)c1)N1CCCC1. The number of carbonyl (C=O) groups is 1. The maximum absolute atomic E-state index is 12.2. The number of aromatic nitrogens is 1. The Morgan fingerprint density at radius 3 is 2.90 bits per heavy atom. The molecule has 0 unspecified atom stereocenters. The third-order valence-electron chi connectivity index (χ3n) is 3.61. The number of hydrogen-bond acceptors (Lipinski definition) is 4. The Morgan fingerprint density at radius 1 is 1.45 bits per heavy atom. The molecule has 2 aliphatic heterocycles. The van der Waals surface area contributed by atoms with Gasteiger partial charge in [-0.25, -0.2) is 4.98 Å². The lowest BCUT2D eigenvalue weighted by Crippen LogP contribution is -2.27. The first kappa shape index (κ1) is 13.6. The summed E-state index contributed by atoms with van der Waals surface area (Å²) in [6.07, 6.45) is 4.51. The molecule has 0 bridgehead atoms. The molecule has 1 amide bonds. The van der Waals surface area contributed by atoms with E-state index in [0.717, 1.165) is 32.4 Å². The van der Waals surface area contributed by atoms with Gasteiger partial charge in [-0.15, -0.1) is 0 Å². The normalized spacial score (nSPS) is 22.2. The van der Waals surface area contributed by atoms with Crippen LogP contribution in [0.2, 0.25) is 5.02 Å². The Hall–Kier alpha value is -1.33. The Balaban J connectivity index is 1.71. The average molecular weight is 297 g/mol. The van der Waals surface area contributed by atoms with Gasteiger partial charge in [0.1, 0.15) is 11.1 Å². The summed E-state index contributed by atoms with van der Waals surface area (Å²) in [6.45, 7) is 2.89. The highest BCUT2D eigenvalue weighted by atomic mass is 35.5. The van der Waals surface area contributed by atoms with Gasteiger partial charge in [0.05, 0.1) is 18.8 Å². The standard InChI is InChI=1S/C14H17ClN2O3/c15-12-7-10(14(18)17-4-1-2-5-17)8-16-13(12)20-11-3-6-19-9-11/h7-8,11H,1-6,9H2/t11-/m1/s1. The molecule has 0 aliphatic carbocycles. The molecule has 3 heterocycles. The van der Waals surface area contributed by atoms with Crippen molar-refractivity contribution >= 4 is 17.5 Å². The van der Waals surface area contributed by atoms with E-state index in [1.807, 2.05) is 4.90 Å². The first-order valence-electron chi connectivity index (χ1n) is 6.93. The van der Waals surface area contributed by atoms with Gasteiger partial charge < -0.3 is 14.4 Å². The molecular formula is C14H17ClN2O3. The lowest BCUT2D eigenvalue weighted by Gasteiger charge is -2.16. The summed E-state index contributed by atoms with van der Waals surface area (Å²) >= 11 is 6.16. The predicted octanol–water partition coefficient (Wildman–Crippen LogP) is 2.14. The van der Waals surface area contributed by atoms with Gasteiger partial charge in [0.25, 0.3) is 5.91 Å². The van der Waals surface area contributed by atoms with Crippen LogP contribution in [0.4, 0.5) is 0 Å². The van der Waals surface area contributed by atoms with Crippen molar-refractivity contribution in [2.75, 3.05) is 26.3 Å². The van der Waals surface area contributed by atoms with Crippen molar-refractivity contribution < 1.29 is 14.3 Å². The largest absolute Gasteiger partial charge is 0.471 e. The van der Waals surface area contributed by atoms with Crippen LogP contribution < -0.4 is 4.74 Å². The van der Waals surface area contributed by atoms with Gasteiger partial charge in [-0.1, -0.05) is 11.6 Å². The second kappa shape index (κ2) is 5.97. The first-order valence-corrected chi connectivity index (χ1v) is 7.31. The topological polar surface area (TPSA) is 51.7 Å². The van der Waals surface area contributed by atoms with Crippen molar-refractivity contribution in [1.82, 2.24) is 9.88 Å². The van der Waals surface area contributed by atoms with E-state index in [1.165, 1.54) is 6.20 Å². The molecule has 6 heteroatoms. The highest BCUT2D eigenvalue weighted by Gasteiger charge is 2.22. The summed E-state index contributed by atoms with van der Waals surface area (Å²) in [5, 5.41) is 0.377. The highest BCUT2D eigenvalue weighted by molar-refractivity contribution is 6.32. The fourth-order valence-electron chi connectivity index (χ4n) is 2.50. The van der Waals surface area contributed by atoms with Crippen molar-refractivity contribution in [2.45, 2.75) is 25.4 Å². The Bertz CT molecular complexity index is 497. The van der Waals surface area contributed by atoms with Crippen molar-refractivity contribution in [1.29, 1.82) is 0 Å². The Morgan fingerprint density at radius 2 is 2.25 bits per heavy atom. The molecule has 2 aliphatic rings. The molecule has 0 aromatic carbocycles. The number of nitrogens with zero attached hydrogens (tertiary/aromatic N) is 2. The fraction of sp³-hybridized carbons (Fsp3) is 0.571. The quantitative estimate of drug-likeness (QED) is 0.857. The molecule has 1 aromatic rings. The Labute approximate surface area is 122 Å². The molecule has 1 atom stereocenters. The maximum Gasteiger partial charge on any atom is 0.255 e. The summed E-state index contributed by atoms with van der Waals surface area (Å²) in [5.41, 5.74) is 0.520. The maximum atomic E-state index is 12.2. The smallest absolute Gasteiger partial charge is 0.255 e. The van der Waals surface area contributed by atoms with Crippen molar-refractivity contribution in [3.8, 4) is 5.88 Å². The monoisotopic (exact) mass is 296 g/mol. The minimum Gasteiger partial charge on any atom is -0.471 e. The van der Waals surface area contributed by atoms with E-state index in [2.05, 4.69) is 4.98 Å². The van der Waals surface area contributed by atoms with E-state index in [1.54, 1.807) is 6.07 Å². The van der Waals surface area contributed by atoms with Crippen molar-refractivity contribution in [3.05, 3.63) is 22.8 Å². The van der Waals surface area contributed by atoms with Gasteiger partial charge in [-0.2, -0.15) is 0 Å². The van der Waals surface area contributed by atoms with E-state index in [-0.39, 0.29) is 12.0 Å². The van der Waals surface area contributed by atoms with E-state index < -0.39 is 0 Å². The Kier molecular flexibility index (Phi) is 4.08. The van der Waals surface area contributed by atoms with Crippen LogP contribution in [0.15, 0.2) is 12.3 Å². The number of amides is 1. The summed E-state index contributed by atoms with van der Waals surface area (Å²) in [4.78, 5) is 18.2. The zero-order valence-corrected chi connectivity index (χ0v) is 11.9. The van der Waals surface area contributed by atoms with Crippen LogP contribution in [0.3, 0.4) is 0 Å². The number of halogens is 1. The zero-order chi connectivity index (χ0) is 13.9. The van der Waals surface area contributed by atoms with Gasteiger partial charge in [0.2, 0.25) is 5.88 Å². The highest BCUT2D eigenvalue weighted by Crippen LogP contribution is 2.26. The zero-order valence-electron chi connectivity index (χ0n) is 11.2. The number of rotatable bonds is 3. The fourth-order valence-corrected chi connectivity index (χ4v) is 2.71. The average Bonchev–Trinajstić information content (AvgIpc) is 3.12. The van der Waals surface area contributed by atoms with Gasteiger partial charge in [0.15, 0.2) is 0 Å². The van der Waals surface area contributed by atoms with Crippen LogP contribution in [0.25, 0.3) is 0 Å². The van der Waals surface area contributed by atoms with Gasteiger partial charge >= 0.3 is 0 Å². The van der Waals surface area contributed by atoms with Gasteiger partial charge in [-0.3, -0.25) is 4.79 Å². The summed E-state index contributed by atoms with van der Waals surface area (Å²) < 4.78 is 10.9.